The molecule has 2 aromatic rings. The van der Waals surface area contributed by atoms with Crippen molar-refractivity contribution in [2.45, 2.75) is 45.1 Å². The van der Waals surface area contributed by atoms with Crippen molar-refractivity contribution < 1.29 is 13.2 Å². The number of likely N-dealkylation sites (tertiary alicyclic amines) is 1. The van der Waals surface area contributed by atoms with Gasteiger partial charge in [0, 0.05) is 42.7 Å². The third kappa shape index (κ3) is 4.56. The van der Waals surface area contributed by atoms with Gasteiger partial charge < -0.3 is 4.90 Å². The fourth-order valence-corrected chi connectivity index (χ4v) is 4.09. The van der Waals surface area contributed by atoms with Crippen molar-refractivity contribution in [3.05, 3.63) is 33.9 Å². The highest BCUT2D eigenvalue weighted by molar-refractivity contribution is 7.88. The van der Waals surface area contributed by atoms with E-state index in [0.29, 0.717) is 36.4 Å². The fourth-order valence-electron chi connectivity index (χ4n) is 3.60. The van der Waals surface area contributed by atoms with E-state index < -0.39 is 10.0 Å². The summed E-state index contributed by atoms with van der Waals surface area (Å²) in [5.41, 5.74) is 1.21. The molecule has 1 fully saturated rings. The van der Waals surface area contributed by atoms with Crippen molar-refractivity contribution >= 4 is 21.6 Å². The summed E-state index contributed by atoms with van der Waals surface area (Å²) in [4.78, 5) is 31.7. The van der Waals surface area contributed by atoms with E-state index in [9.17, 15) is 18.0 Å². The second kappa shape index (κ2) is 7.81. The van der Waals surface area contributed by atoms with Crippen LogP contribution in [0.1, 0.15) is 36.9 Å². The Balaban J connectivity index is 1.74. The van der Waals surface area contributed by atoms with Crippen LogP contribution in [-0.4, -0.2) is 59.2 Å². The van der Waals surface area contributed by atoms with E-state index in [0.717, 1.165) is 25.5 Å². The van der Waals surface area contributed by atoms with E-state index in [-0.39, 0.29) is 23.9 Å². The minimum Gasteiger partial charge on any atom is -0.339 e. The highest BCUT2D eigenvalue weighted by Gasteiger charge is 2.28. The Morgan fingerprint density at radius 2 is 2.19 bits per heavy atom. The van der Waals surface area contributed by atoms with E-state index >= 15 is 0 Å². The summed E-state index contributed by atoms with van der Waals surface area (Å²) >= 11 is 0. The summed E-state index contributed by atoms with van der Waals surface area (Å²) in [6.07, 6.45) is 6.06. The number of nitrogens with zero attached hydrogens (tertiary/aromatic N) is 3. The average molecular weight is 395 g/mol. The first-order valence-electron chi connectivity index (χ1n) is 9.06. The number of piperidine rings is 1. The molecule has 1 aliphatic rings. The zero-order valence-corrected chi connectivity index (χ0v) is 16.4. The van der Waals surface area contributed by atoms with Crippen LogP contribution >= 0.6 is 0 Å². The van der Waals surface area contributed by atoms with Gasteiger partial charge in [0.2, 0.25) is 15.9 Å². The Morgan fingerprint density at radius 3 is 2.93 bits per heavy atom. The van der Waals surface area contributed by atoms with Crippen molar-refractivity contribution in [2.75, 3.05) is 19.3 Å². The standard InChI is InChI=1S/C17H25N5O4S/c1-12-14(17(24)22-15(20-12)7-8-18-22)11-16(23)21-10-4-3-5-13(21)6-9-19-27(2,25)26/h7-8,13,18-19H,3-6,9-11H2,1-2H3. The predicted octanol–water partition coefficient (Wildman–Crippen LogP) is 0.194. The molecule has 0 radical (unpaired) electrons. The Hall–Kier alpha value is -2.20. The number of aromatic nitrogens is 3. The monoisotopic (exact) mass is 395 g/mol. The number of rotatable bonds is 6. The second-order valence-corrected chi connectivity index (χ2v) is 8.84. The molecule has 0 spiro atoms. The number of fused-ring (bicyclic) bond motifs is 1. The number of aromatic amines is 1. The third-order valence-electron chi connectivity index (χ3n) is 4.96. The van der Waals surface area contributed by atoms with Crippen molar-refractivity contribution in [2.24, 2.45) is 0 Å². The zero-order valence-electron chi connectivity index (χ0n) is 15.6. The van der Waals surface area contributed by atoms with Gasteiger partial charge >= 0.3 is 0 Å². The van der Waals surface area contributed by atoms with E-state index in [4.69, 9.17) is 0 Å². The van der Waals surface area contributed by atoms with Crippen LogP contribution in [0.4, 0.5) is 0 Å². The number of nitrogens with one attached hydrogen (secondary N) is 2. The smallest absolute Gasteiger partial charge is 0.276 e. The number of hydrogen-bond acceptors (Lipinski definition) is 5. The zero-order chi connectivity index (χ0) is 19.6. The predicted molar refractivity (Wildman–Crippen MR) is 101 cm³/mol. The van der Waals surface area contributed by atoms with Gasteiger partial charge in [0.15, 0.2) is 5.65 Å². The molecule has 0 aliphatic carbocycles. The lowest BCUT2D eigenvalue weighted by Crippen LogP contribution is -2.46. The summed E-state index contributed by atoms with van der Waals surface area (Å²) in [6, 6.07) is 1.68. The van der Waals surface area contributed by atoms with Gasteiger partial charge in [-0.25, -0.2) is 22.6 Å². The number of hydrogen-bond donors (Lipinski definition) is 2. The molecule has 2 N–H and O–H groups in total. The van der Waals surface area contributed by atoms with Gasteiger partial charge in [0.05, 0.1) is 12.7 Å². The van der Waals surface area contributed by atoms with Gasteiger partial charge in [-0.1, -0.05) is 0 Å². The molecule has 0 saturated carbocycles. The largest absolute Gasteiger partial charge is 0.339 e. The molecule has 9 nitrogen and oxygen atoms in total. The van der Waals surface area contributed by atoms with Crippen LogP contribution in [0.3, 0.4) is 0 Å². The topological polar surface area (TPSA) is 117 Å². The Morgan fingerprint density at radius 1 is 1.41 bits per heavy atom. The second-order valence-electron chi connectivity index (χ2n) is 7.01. The average Bonchev–Trinajstić information content (AvgIpc) is 3.06. The van der Waals surface area contributed by atoms with Crippen molar-refractivity contribution in [1.82, 2.24) is 24.2 Å². The molecule has 148 valence electrons. The number of amides is 1. The lowest BCUT2D eigenvalue weighted by atomic mass is 9.98. The van der Waals surface area contributed by atoms with Crippen molar-refractivity contribution in [3.8, 4) is 0 Å². The maximum Gasteiger partial charge on any atom is 0.276 e. The number of aryl methyl sites for hydroxylation is 1. The van der Waals surface area contributed by atoms with E-state index in [1.54, 1.807) is 24.1 Å². The van der Waals surface area contributed by atoms with Gasteiger partial charge in [-0.05, 0) is 32.6 Å². The molecule has 0 bridgehead atoms. The Labute approximate surface area is 157 Å². The summed E-state index contributed by atoms with van der Waals surface area (Å²) in [7, 11) is -3.25. The molecule has 1 amide bonds. The van der Waals surface area contributed by atoms with Gasteiger partial charge in [-0.2, -0.15) is 0 Å². The van der Waals surface area contributed by atoms with Crippen LogP contribution in [0.25, 0.3) is 5.65 Å². The van der Waals surface area contributed by atoms with Crippen LogP contribution < -0.4 is 10.3 Å². The highest BCUT2D eigenvalue weighted by atomic mass is 32.2. The lowest BCUT2D eigenvalue weighted by molar-refractivity contribution is -0.134. The number of carbonyl (C=O) groups excluding carboxylic acids is 1. The van der Waals surface area contributed by atoms with Crippen LogP contribution in [0, 0.1) is 6.92 Å². The molecular formula is C17H25N5O4S. The minimum absolute atomic E-state index is 0.00433. The summed E-state index contributed by atoms with van der Waals surface area (Å²) < 4.78 is 26.3. The normalized spacial score (nSPS) is 18.1. The Kier molecular flexibility index (Phi) is 5.66. The van der Waals surface area contributed by atoms with Crippen LogP contribution in [0.5, 0.6) is 0 Å². The first-order valence-corrected chi connectivity index (χ1v) is 10.9. The SMILES string of the molecule is Cc1nc2cc[nH]n2c(=O)c1CC(=O)N1CCCCC1CCNS(C)(=O)=O. The third-order valence-corrected chi connectivity index (χ3v) is 5.69. The number of carbonyl (C=O) groups is 1. The lowest BCUT2D eigenvalue weighted by Gasteiger charge is -2.36. The van der Waals surface area contributed by atoms with Gasteiger partial charge in [-0.3, -0.25) is 14.7 Å². The molecule has 0 aromatic carbocycles. The summed E-state index contributed by atoms with van der Waals surface area (Å²) in [5, 5.41) is 2.81. The van der Waals surface area contributed by atoms with Gasteiger partial charge in [-0.15, -0.1) is 0 Å². The first kappa shape index (κ1) is 19.6. The van der Waals surface area contributed by atoms with Gasteiger partial charge in [0.25, 0.3) is 5.56 Å². The number of sulfonamides is 1. The molecule has 3 rings (SSSR count). The van der Waals surface area contributed by atoms with Crippen LogP contribution in [-0.2, 0) is 21.2 Å². The van der Waals surface area contributed by atoms with E-state index in [1.165, 1.54) is 4.52 Å². The summed E-state index contributed by atoms with van der Waals surface area (Å²) in [5.74, 6) is -0.118. The molecule has 10 heteroatoms. The molecular weight excluding hydrogens is 370 g/mol. The minimum atomic E-state index is -3.25. The van der Waals surface area contributed by atoms with Gasteiger partial charge in [0.1, 0.15) is 0 Å². The maximum atomic E-state index is 12.9. The van der Waals surface area contributed by atoms with E-state index in [1.807, 2.05) is 0 Å². The molecule has 1 saturated heterocycles. The van der Waals surface area contributed by atoms with E-state index in [2.05, 4.69) is 14.8 Å². The quantitative estimate of drug-likeness (QED) is 0.724. The molecule has 1 aliphatic heterocycles. The first-order chi connectivity index (χ1) is 12.8. The van der Waals surface area contributed by atoms with Crippen LogP contribution in [0.15, 0.2) is 17.1 Å². The molecule has 2 aromatic heterocycles. The Bertz CT molecular complexity index is 994. The maximum absolute atomic E-state index is 12.9. The molecule has 1 unspecified atom stereocenters. The summed E-state index contributed by atoms with van der Waals surface area (Å²) in [6.45, 7) is 2.66. The molecule has 1 atom stereocenters. The van der Waals surface area contributed by atoms with Crippen molar-refractivity contribution in [3.63, 3.8) is 0 Å². The highest BCUT2D eigenvalue weighted by Crippen LogP contribution is 2.20. The van der Waals surface area contributed by atoms with Crippen molar-refractivity contribution in [1.29, 1.82) is 0 Å². The number of H-pyrrole nitrogens is 1. The molecule has 3 heterocycles. The molecule has 27 heavy (non-hydrogen) atoms. The van der Waals surface area contributed by atoms with Crippen LogP contribution in [0.2, 0.25) is 0 Å². The fraction of sp³-hybridized carbons (Fsp3) is 0.588.